The van der Waals surface area contributed by atoms with Gasteiger partial charge in [-0.25, -0.2) is 4.98 Å². The Kier molecular flexibility index (Phi) is 5.86. The van der Waals surface area contributed by atoms with E-state index in [4.69, 9.17) is 28.2 Å². The number of carbonyl (C=O) groups is 1. The van der Waals surface area contributed by atoms with Gasteiger partial charge in [0, 0.05) is 11.6 Å². The van der Waals surface area contributed by atoms with Crippen molar-refractivity contribution in [1.82, 2.24) is 19.3 Å². The highest BCUT2D eigenvalue weighted by Crippen LogP contribution is 2.27. The van der Waals surface area contributed by atoms with Crippen molar-refractivity contribution in [2.45, 2.75) is 20.4 Å². The van der Waals surface area contributed by atoms with Crippen LogP contribution in [0.2, 0.25) is 10.0 Å². The molecule has 0 spiro atoms. The lowest BCUT2D eigenvalue weighted by Crippen LogP contribution is -2.18. The normalized spacial score (nSPS) is 11.2. The average Bonchev–Trinajstić information content (AvgIpc) is 3.36. The number of nitrogens with one attached hydrogen (secondary N) is 1. The second-order valence-electron chi connectivity index (χ2n) is 8.09. The van der Waals surface area contributed by atoms with Crippen molar-refractivity contribution in [2.75, 3.05) is 5.32 Å². The summed E-state index contributed by atoms with van der Waals surface area (Å²) >= 11 is 12.4. The Hall–Kier alpha value is -3.61. The second-order valence-corrected chi connectivity index (χ2v) is 8.90. The largest absolute Gasteiger partial charge is 0.306 e. The third-order valence-electron chi connectivity index (χ3n) is 5.61. The van der Waals surface area contributed by atoms with Gasteiger partial charge in [-0.05, 0) is 55.3 Å². The number of halogens is 2. The molecule has 5 aromatic rings. The monoisotopic (exact) mass is 489 g/mol. The predicted molar refractivity (Wildman–Crippen MR) is 136 cm³/mol. The number of hydrogen-bond donors (Lipinski definition) is 1. The summed E-state index contributed by atoms with van der Waals surface area (Å²) in [4.78, 5) is 17.9. The summed E-state index contributed by atoms with van der Waals surface area (Å²) in [6.45, 7) is 4.29. The number of aryl methyl sites for hydroxylation is 2. The molecule has 0 fully saturated rings. The molecule has 0 aliphatic rings. The number of nitrogens with zero attached hydrogens (tertiary/aromatic N) is 4. The predicted octanol–water partition coefficient (Wildman–Crippen LogP) is 6.45. The molecular formula is C26H21Cl2N5O. The van der Waals surface area contributed by atoms with Gasteiger partial charge in [0.05, 0.1) is 33.3 Å². The minimum absolute atomic E-state index is 0.202. The zero-order valence-electron chi connectivity index (χ0n) is 18.6. The molecule has 0 unspecified atom stereocenters. The zero-order chi connectivity index (χ0) is 23.8. The molecular weight excluding hydrogens is 469 g/mol. The number of imidazole rings is 1. The van der Waals surface area contributed by atoms with Crippen molar-refractivity contribution in [2.24, 2.45) is 0 Å². The Morgan fingerprint density at radius 2 is 1.71 bits per heavy atom. The third-order valence-corrected chi connectivity index (χ3v) is 6.35. The Labute approximate surface area is 206 Å². The molecule has 0 aliphatic carbocycles. The molecule has 0 bridgehead atoms. The maximum atomic E-state index is 13.0. The molecule has 0 atom stereocenters. The van der Waals surface area contributed by atoms with Crippen LogP contribution < -0.4 is 5.32 Å². The molecule has 1 N–H and O–H groups in total. The van der Waals surface area contributed by atoms with Crippen molar-refractivity contribution in [3.8, 4) is 5.95 Å². The van der Waals surface area contributed by atoms with Gasteiger partial charge in [0.15, 0.2) is 0 Å². The maximum Gasteiger partial charge on any atom is 0.257 e. The Morgan fingerprint density at radius 3 is 2.50 bits per heavy atom. The Morgan fingerprint density at radius 1 is 0.941 bits per heavy atom. The van der Waals surface area contributed by atoms with E-state index in [1.54, 1.807) is 16.8 Å². The summed E-state index contributed by atoms with van der Waals surface area (Å²) < 4.78 is 3.72. The van der Waals surface area contributed by atoms with Gasteiger partial charge in [-0.1, -0.05) is 59.6 Å². The number of hydrogen-bond acceptors (Lipinski definition) is 3. The van der Waals surface area contributed by atoms with Crippen LogP contribution in [0.5, 0.6) is 0 Å². The summed E-state index contributed by atoms with van der Waals surface area (Å²) in [5.41, 5.74) is 4.99. The number of para-hydroxylation sites is 2. The maximum absolute atomic E-state index is 13.0. The summed E-state index contributed by atoms with van der Waals surface area (Å²) in [6, 6.07) is 22.7. The molecule has 0 saturated heterocycles. The number of rotatable bonds is 5. The molecule has 5 rings (SSSR count). The van der Waals surface area contributed by atoms with E-state index in [0.717, 1.165) is 27.9 Å². The smallest absolute Gasteiger partial charge is 0.257 e. The van der Waals surface area contributed by atoms with E-state index in [2.05, 4.69) is 10.4 Å². The van der Waals surface area contributed by atoms with Gasteiger partial charge in [-0.15, -0.1) is 0 Å². The van der Waals surface area contributed by atoms with Crippen LogP contribution in [0.3, 0.4) is 0 Å². The van der Waals surface area contributed by atoms with Crippen molar-refractivity contribution < 1.29 is 4.79 Å². The standard InChI is InChI=1S/C26H21Cl2N5O/c1-16-7-3-4-8-19(16)25(34)30-24-13-17(2)31-33(24)26-29-22-9-5-6-10-23(22)32(26)15-18-11-12-20(27)21(28)14-18/h3-14H,15H2,1-2H3,(H,30,34). The van der Waals surface area contributed by atoms with E-state index in [-0.39, 0.29) is 5.91 Å². The number of aromatic nitrogens is 4. The molecule has 0 aliphatic heterocycles. The lowest BCUT2D eigenvalue weighted by atomic mass is 10.1. The van der Waals surface area contributed by atoms with Gasteiger partial charge in [0.1, 0.15) is 5.82 Å². The molecule has 6 nitrogen and oxygen atoms in total. The fourth-order valence-corrected chi connectivity index (χ4v) is 4.27. The number of amides is 1. The van der Waals surface area contributed by atoms with E-state index >= 15 is 0 Å². The molecule has 3 aromatic carbocycles. The zero-order valence-corrected chi connectivity index (χ0v) is 20.1. The molecule has 2 aromatic heterocycles. The van der Waals surface area contributed by atoms with Crippen LogP contribution in [0, 0.1) is 13.8 Å². The lowest BCUT2D eigenvalue weighted by molar-refractivity contribution is 0.102. The highest BCUT2D eigenvalue weighted by Gasteiger charge is 2.19. The van der Waals surface area contributed by atoms with Gasteiger partial charge >= 0.3 is 0 Å². The first-order chi connectivity index (χ1) is 16.4. The first kappa shape index (κ1) is 22.2. The topological polar surface area (TPSA) is 64.7 Å². The van der Waals surface area contributed by atoms with Crippen molar-refractivity contribution in [3.63, 3.8) is 0 Å². The van der Waals surface area contributed by atoms with Gasteiger partial charge in [0.2, 0.25) is 5.95 Å². The van der Waals surface area contributed by atoms with Crippen LogP contribution >= 0.6 is 23.2 Å². The van der Waals surface area contributed by atoms with Gasteiger partial charge in [-0.2, -0.15) is 9.78 Å². The SMILES string of the molecule is Cc1cc(NC(=O)c2ccccc2C)n(-c2nc3ccccc3n2Cc2ccc(Cl)c(Cl)c2)n1. The summed E-state index contributed by atoms with van der Waals surface area (Å²) in [6.07, 6.45) is 0. The van der Waals surface area contributed by atoms with Crippen molar-refractivity contribution in [3.05, 3.63) is 105 Å². The van der Waals surface area contributed by atoms with Crippen molar-refractivity contribution in [1.29, 1.82) is 0 Å². The molecule has 34 heavy (non-hydrogen) atoms. The number of fused-ring (bicyclic) bond motifs is 1. The van der Waals surface area contributed by atoms with Crippen LogP contribution in [-0.2, 0) is 6.54 Å². The van der Waals surface area contributed by atoms with Crippen LogP contribution in [0.1, 0.15) is 27.2 Å². The fraction of sp³-hybridized carbons (Fsp3) is 0.115. The lowest BCUT2D eigenvalue weighted by Gasteiger charge is -2.13. The van der Waals surface area contributed by atoms with Crippen LogP contribution in [0.4, 0.5) is 5.82 Å². The fourth-order valence-electron chi connectivity index (χ4n) is 3.95. The minimum atomic E-state index is -0.202. The Balaban J connectivity index is 1.60. The van der Waals surface area contributed by atoms with E-state index < -0.39 is 0 Å². The van der Waals surface area contributed by atoms with Crippen LogP contribution in [0.15, 0.2) is 72.8 Å². The van der Waals surface area contributed by atoms with E-state index in [9.17, 15) is 4.79 Å². The van der Waals surface area contributed by atoms with Gasteiger partial charge in [0.25, 0.3) is 5.91 Å². The number of carbonyl (C=O) groups excluding carboxylic acids is 1. The van der Waals surface area contributed by atoms with Crippen LogP contribution in [0.25, 0.3) is 17.0 Å². The summed E-state index contributed by atoms with van der Waals surface area (Å²) in [5.74, 6) is 0.920. The average molecular weight is 490 g/mol. The molecule has 170 valence electrons. The van der Waals surface area contributed by atoms with E-state index in [0.29, 0.717) is 33.9 Å². The summed E-state index contributed by atoms with van der Waals surface area (Å²) in [5, 5.41) is 8.66. The Bertz CT molecular complexity index is 1540. The first-order valence-electron chi connectivity index (χ1n) is 10.7. The molecule has 8 heteroatoms. The number of anilines is 1. The molecule has 0 saturated carbocycles. The first-order valence-corrected chi connectivity index (χ1v) is 11.5. The third kappa shape index (κ3) is 4.18. The van der Waals surface area contributed by atoms with E-state index in [1.165, 1.54) is 0 Å². The van der Waals surface area contributed by atoms with Crippen molar-refractivity contribution >= 4 is 46.0 Å². The van der Waals surface area contributed by atoms with E-state index in [1.807, 2.05) is 79.1 Å². The minimum Gasteiger partial charge on any atom is -0.306 e. The second kappa shape index (κ2) is 8.97. The quantitative estimate of drug-likeness (QED) is 0.308. The summed E-state index contributed by atoms with van der Waals surface area (Å²) in [7, 11) is 0. The highest BCUT2D eigenvalue weighted by molar-refractivity contribution is 6.42. The molecule has 1 amide bonds. The molecule has 2 heterocycles. The van der Waals surface area contributed by atoms with Gasteiger partial charge < -0.3 is 9.88 Å². The number of benzene rings is 3. The van der Waals surface area contributed by atoms with Crippen LogP contribution in [-0.4, -0.2) is 25.2 Å². The molecule has 0 radical (unpaired) electrons. The highest BCUT2D eigenvalue weighted by atomic mass is 35.5. The van der Waals surface area contributed by atoms with Gasteiger partial charge in [-0.3, -0.25) is 4.79 Å².